The summed E-state index contributed by atoms with van der Waals surface area (Å²) in [7, 11) is 0. The summed E-state index contributed by atoms with van der Waals surface area (Å²) in [5, 5.41) is 9.46. The zero-order valence-electron chi connectivity index (χ0n) is 11.3. The lowest BCUT2D eigenvalue weighted by atomic mass is 10.2. The number of benzene rings is 1. The SMILES string of the molecule is O=C(O)CN(C(=O)CN1CCCC1=O)c1ccc(Cl)cc1. The molecule has 1 heterocycles. The van der Waals surface area contributed by atoms with Crippen molar-refractivity contribution in [3.8, 4) is 0 Å². The lowest BCUT2D eigenvalue weighted by Gasteiger charge is -2.24. The van der Waals surface area contributed by atoms with Gasteiger partial charge in [-0.05, 0) is 30.7 Å². The molecule has 1 saturated heterocycles. The van der Waals surface area contributed by atoms with Gasteiger partial charge in [-0.15, -0.1) is 0 Å². The molecule has 0 saturated carbocycles. The number of amides is 2. The van der Waals surface area contributed by atoms with E-state index in [1.165, 1.54) is 4.90 Å². The quantitative estimate of drug-likeness (QED) is 0.891. The van der Waals surface area contributed by atoms with Gasteiger partial charge in [0.25, 0.3) is 0 Å². The zero-order valence-corrected chi connectivity index (χ0v) is 12.0. The van der Waals surface area contributed by atoms with Crippen LogP contribution in [0.2, 0.25) is 5.02 Å². The second-order valence-corrected chi connectivity index (χ2v) is 5.21. The van der Waals surface area contributed by atoms with Crippen molar-refractivity contribution in [2.24, 2.45) is 0 Å². The molecule has 1 aliphatic rings. The fourth-order valence-corrected chi connectivity index (χ4v) is 2.33. The number of carbonyl (C=O) groups excluding carboxylic acids is 2. The molecule has 2 amide bonds. The molecule has 1 aromatic carbocycles. The van der Waals surface area contributed by atoms with Gasteiger partial charge >= 0.3 is 5.97 Å². The number of rotatable bonds is 5. The van der Waals surface area contributed by atoms with Crippen molar-refractivity contribution < 1.29 is 19.5 Å². The highest BCUT2D eigenvalue weighted by molar-refractivity contribution is 6.30. The van der Waals surface area contributed by atoms with Gasteiger partial charge in [0, 0.05) is 23.7 Å². The summed E-state index contributed by atoms with van der Waals surface area (Å²) < 4.78 is 0. The number of anilines is 1. The van der Waals surface area contributed by atoms with Crippen molar-refractivity contribution in [3.05, 3.63) is 29.3 Å². The van der Waals surface area contributed by atoms with Crippen LogP contribution in [0.4, 0.5) is 5.69 Å². The monoisotopic (exact) mass is 310 g/mol. The Kier molecular flexibility index (Phi) is 4.80. The van der Waals surface area contributed by atoms with E-state index in [4.69, 9.17) is 16.7 Å². The van der Waals surface area contributed by atoms with Gasteiger partial charge < -0.3 is 10.0 Å². The van der Waals surface area contributed by atoms with Crippen LogP contribution in [0.3, 0.4) is 0 Å². The number of carbonyl (C=O) groups is 3. The number of carboxylic acids is 1. The molecule has 1 fully saturated rings. The molecular weight excluding hydrogens is 296 g/mol. The minimum Gasteiger partial charge on any atom is -0.480 e. The summed E-state index contributed by atoms with van der Waals surface area (Å²) >= 11 is 5.79. The number of likely N-dealkylation sites (tertiary alicyclic amines) is 1. The van der Waals surface area contributed by atoms with Crippen molar-refractivity contribution in [2.45, 2.75) is 12.8 Å². The van der Waals surface area contributed by atoms with E-state index >= 15 is 0 Å². The first-order valence-electron chi connectivity index (χ1n) is 6.53. The average molecular weight is 311 g/mol. The molecular formula is C14H15ClN2O4. The molecule has 0 spiro atoms. The minimum atomic E-state index is -1.12. The van der Waals surface area contributed by atoms with Crippen LogP contribution >= 0.6 is 11.6 Å². The summed E-state index contributed by atoms with van der Waals surface area (Å²) in [6.45, 7) is -0.0245. The molecule has 1 aliphatic heterocycles. The second-order valence-electron chi connectivity index (χ2n) is 4.77. The van der Waals surface area contributed by atoms with Crippen LogP contribution < -0.4 is 4.90 Å². The number of nitrogens with zero attached hydrogens (tertiary/aromatic N) is 2. The fraction of sp³-hybridized carbons (Fsp3) is 0.357. The van der Waals surface area contributed by atoms with E-state index < -0.39 is 18.4 Å². The summed E-state index contributed by atoms with van der Waals surface area (Å²) in [5.41, 5.74) is 0.443. The van der Waals surface area contributed by atoms with Crippen LogP contribution in [0.1, 0.15) is 12.8 Å². The Morgan fingerprint density at radius 1 is 1.29 bits per heavy atom. The van der Waals surface area contributed by atoms with Gasteiger partial charge in [-0.2, -0.15) is 0 Å². The van der Waals surface area contributed by atoms with E-state index in [-0.39, 0.29) is 12.5 Å². The van der Waals surface area contributed by atoms with Crippen molar-refractivity contribution >= 4 is 35.1 Å². The van der Waals surface area contributed by atoms with E-state index in [2.05, 4.69) is 0 Å². The molecule has 0 atom stereocenters. The van der Waals surface area contributed by atoms with Crippen LogP contribution in [0, 0.1) is 0 Å². The van der Waals surface area contributed by atoms with Gasteiger partial charge in [0.2, 0.25) is 11.8 Å². The van der Waals surface area contributed by atoms with E-state index in [9.17, 15) is 14.4 Å². The van der Waals surface area contributed by atoms with Crippen molar-refractivity contribution in [2.75, 3.05) is 24.5 Å². The van der Waals surface area contributed by atoms with Crippen LogP contribution in [-0.2, 0) is 14.4 Å². The van der Waals surface area contributed by atoms with E-state index in [0.29, 0.717) is 23.7 Å². The first kappa shape index (κ1) is 15.3. The van der Waals surface area contributed by atoms with Gasteiger partial charge in [-0.1, -0.05) is 11.6 Å². The standard InChI is InChI=1S/C14H15ClN2O4/c15-10-3-5-11(6-4-10)17(9-14(20)21)13(19)8-16-7-1-2-12(16)18/h3-6H,1-2,7-9H2,(H,20,21). The van der Waals surface area contributed by atoms with E-state index in [0.717, 1.165) is 11.3 Å². The third-order valence-electron chi connectivity index (χ3n) is 3.23. The lowest BCUT2D eigenvalue weighted by Crippen LogP contribution is -2.43. The smallest absolute Gasteiger partial charge is 0.323 e. The zero-order chi connectivity index (χ0) is 15.4. The summed E-state index contributed by atoms with van der Waals surface area (Å²) in [6.07, 6.45) is 1.17. The van der Waals surface area contributed by atoms with Crippen LogP contribution in [0.5, 0.6) is 0 Å². The molecule has 0 unspecified atom stereocenters. The maximum Gasteiger partial charge on any atom is 0.323 e. The Balaban J connectivity index is 2.14. The molecule has 0 aliphatic carbocycles. The molecule has 1 N–H and O–H groups in total. The van der Waals surface area contributed by atoms with E-state index in [1.54, 1.807) is 24.3 Å². The Hall–Kier alpha value is -2.08. The second kappa shape index (κ2) is 6.58. The third kappa shape index (κ3) is 3.95. The maximum absolute atomic E-state index is 12.3. The van der Waals surface area contributed by atoms with Gasteiger partial charge in [-0.25, -0.2) is 0 Å². The fourth-order valence-electron chi connectivity index (χ4n) is 2.20. The van der Waals surface area contributed by atoms with E-state index in [1.807, 2.05) is 0 Å². The number of halogens is 1. The number of carboxylic acid groups (broad SMARTS) is 1. The van der Waals surface area contributed by atoms with Crippen LogP contribution in [0.25, 0.3) is 0 Å². The molecule has 0 radical (unpaired) electrons. The van der Waals surface area contributed by atoms with Crippen molar-refractivity contribution in [1.29, 1.82) is 0 Å². The molecule has 6 nitrogen and oxygen atoms in total. The summed E-state index contributed by atoms with van der Waals surface area (Å²) in [4.78, 5) is 37.4. The predicted octanol–water partition coefficient (Wildman–Crippen LogP) is 1.38. The molecule has 1 aromatic rings. The van der Waals surface area contributed by atoms with Crippen molar-refractivity contribution in [3.63, 3.8) is 0 Å². The predicted molar refractivity (Wildman–Crippen MR) is 77.3 cm³/mol. The summed E-state index contributed by atoms with van der Waals surface area (Å²) in [5.74, 6) is -1.62. The van der Waals surface area contributed by atoms with Crippen LogP contribution in [-0.4, -0.2) is 47.4 Å². The summed E-state index contributed by atoms with van der Waals surface area (Å²) in [6, 6.07) is 6.32. The first-order chi connectivity index (χ1) is 9.97. The Bertz CT molecular complexity index is 559. The maximum atomic E-state index is 12.3. The van der Waals surface area contributed by atoms with Gasteiger partial charge in [0.15, 0.2) is 0 Å². The Labute approximate surface area is 126 Å². The highest BCUT2D eigenvalue weighted by Gasteiger charge is 2.26. The molecule has 2 rings (SSSR count). The average Bonchev–Trinajstić information content (AvgIpc) is 2.82. The van der Waals surface area contributed by atoms with Crippen LogP contribution in [0.15, 0.2) is 24.3 Å². The largest absolute Gasteiger partial charge is 0.480 e. The van der Waals surface area contributed by atoms with Gasteiger partial charge in [0.1, 0.15) is 13.1 Å². The number of hydrogen-bond acceptors (Lipinski definition) is 3. The van der Waals surface area contributed by atoms with Crippen molar-refractivity contribution in [1.82, 2.24) is 4.90 Å². The molecule has 0 bridgehead atoms. The lowest BCUT2D eigenvalue weighted by molar-refractivity contribution is -0.137. The number of aliphatic carboxylic acids is 1. The number of hydrogen-bond donors (Lipinski definition) is 1. The molecule has 0 aromatic heterocycles. The molecule has 7 heteroatoms. The first-order valence-corrected chi connectivity index (χ1v) is 6.90. The minimum absolute atomic E-state index is 0.0743. The highest BCUT2D eigenvalue weighted by Crippen LogP contribution is 2.19. The normalized spacial score (nSPS) is 14.3. The molecule has 21 heavy (non-hydrogen) atoms. The Morgan fingerprint density at radius 2 is 1.95 bits per heavy atom. The Morgan fingerprint density at radius 3 is 2.48 bits per heavy atom. The van der Waals surface area contributed by atoms with Gasteiger partial charge in [-0.3, -0.25) is 19.3 Å². The molecule has 112 valence electrons. The highest BCUT2D eigenvalue weighted by atomic mass is 35.5. The third-order valence-corrected chi connectivity index (χ3v) is 3.48. The van der Waals surface area contributed by atoms with Gasteiger partial charge in [0.05, 0.1) is 0 Å². The topological polar surface area (TPSA) is 77.9 Å².